The van der Waals surface area contributed by atoms with Crippen molar-refractivity contribution in [2.24, 2.45) is 10.9 Å². The third-order valence-electron chi connectivity index (χ3n) is 7.09. The molecule has 0 aliphatic carbocycles. The topological polar surface area (TPSA) is 130 Å². The van der Waals surface area contributed by atoms with Crippen molar-refractivity contribution in [2.75, 3.05) is 31.2 Å². The van der Waals surface area contributed by atoms with Crippen LogP contribution in [0.15, 0.2) is 68.9 Å². The van der Waals surface area contributed by atoms with Gasteiger partial charge in [-0.25, -0.2) is 18.4 Å². The summed E-state index contributed by atoms with van der Waals surface area (Å²) in [5, 5.41) is 3.02. The van der Waals surface area contributed by atoms with Gasteiger partial charge in [-0.1, -0.05) is 19.1 Å². The number of rotatable bonds is 5. The van der Waals surface area contributed by atoms with Gasteiger partial charge in [-0.15, -0.1) is 0 Å². The lowest BCUT2D eigenvalue weighted by Gasteiger charge is -2.24. The van der Waals surface area contributed by atoms with Crippen molar-refractivity contribution in [3.8, 4) is 17.1 Å². The molecule has 4 aromatic rings. The molecule has 40 heavy (non-hydrogen) atoms. The number of hydrogen-bond acceptors (Lipinski definition) is 8. The predicted octanol–water partition coefficient (Wildman–Crippen LogP) is 3.37. The van der Waals surface area contributed by atoms with Crippen LogP contribution in [0.1, 0.15) is 23.0 Å². The Hall–Kier alpha value is -4.71. The number of carbonyl (C=O) groups is 1. The molecule has 6 rings (SSSR count). The standard InChI is InChI=1S/C28H26N6O5S/c1-16-11-22-26-20(30-15-33(22)14-16)9-8-19(31-26)17-12-18-23(13-21(17)32(3)40(4,37)38)39-28(25(18)27(36)29-2)34-10-6-5-7-24(34)35/h5-13,15-16H,14H2,1-4H3,(H,29,36). The van der Waals surface area contributed by atoms with Gasteiger partial charge >= 0.3 is 0 Å². The van der Waals surface area contributed by atoms with Crippen molar-refractivity contribution in [3.05, 3.63) is 76.3 Å². The van der Waals surface area contributed by atoms with Gasteiger partial charge < -0.3 is 14.6 Å². The molecule has 1 amide bonds. The highest BCUT2D eigenvalue weighted by Gasteiger charge is 2.29. The van der Waals surface area contributed by atoms with E-state index < -0.39 is 15.9 Å². The molecule has 2 aliphatic rings. The molecule has 0 bridgehead atoms. The fourth-order valence-electron chi connectivity index (χ4n) is 5.05. The lowest BCUT2D eigenvalue weighted by molar-refractivity contribution is 0.0963. The molecule has 1 atom stereocenters. The minimum absolute atomic E-state index is 0.0264. The molecule has 3 aromatic heterocycles. The summed E-state index contributed by atoms with van der Waals surface area (Å²) < 4.78 is 33.8. The number of hydrogen-bond donors (Lipinski definition) is 1. The van der Waals surface area contributed by atoms with Crippen LogP contribution < -0.4 is 15.2 Å². The van der Waals surface area contributed by atoms with Crippen LogP contribution in [-0.2, 0) is 10.0 Å². The first-order valence-corrected chi connectivity index (χ1v) is 14.4. The Labute approximate surface area is 230 Å². The monoisotopic (exact) mass is 558 g/mol. The second-order valence-corrected chi connectivity index (χ2v) is 11.9. The van der Waals surface area contributed by atoms with Gasteiger partial charge in [0.1, 0.15) is 16.8 Å². The Bertz CT molecular complexity index is 1940. The van der Waals surface area contributed by atoms with Crippen molar-refractivity contribution in [2.45, 2.75) is 6.92 Å². The second-order valence-electron chi connectivity index (χ2n) is 9.86. The van der Waals surface area contributed by atoms with E-state index in [1.165, 1.54) is 30.9 Å². The molecular weight excluding hydrogens is 532 g/mol. The number of pyridine rings is 2. The van der Waals surface area contributed by atoms with E-state index >= 15 is 0 Å². The number of amides is 1. The van der Waals surface area contributed by atoms with Crippen LogP contribution in [0.4, 0.5) is 11.4 Å². The average Bonchev–Trinajstić information content (AvgIpc) is 3.50. The number of aromatic nitrogens is 2. The Kier molecular flexibility index (Phi) is 5.88. The normalized spacial score (nSPS) is 16.1. The van der Waals surface area contributed by atoms with Crippen molar-refractivity contribution in [1.82, 2.24) is 19.8 Å². The summed E-state index contributed by atoms with van der Waals surface area (Å²) in [6, 6.07) is 11.4. The molecule has 204 valence electrons. The second kappa shape index (κ2) is 9.19. The van der Waals surface area contributed by atoms with Gasteiger partial charge in [0.15, 0.2) is 0 Å². The minimum Gasteiger partial charge on any atom is -0.439 e. The van der Waals surface area contributed by atoms with E-state index in [0.717, 1.165) is 22.8 Å². The molecule has 0 saturated heterocycles. The highest BCUT2D eigenvalue weighted by molar-refractivity contribution is 7.92. The van der Waals surface area contributed by atoms with Gasteiger partial charge in [-0.05, 0) is 30.2 Å². The smallest absolute Gasteiger partial charge is 0.257 e. The lowest BCUT2D eigenvalue weighted by Crippen LogP contribution is -2.25. The number of fused-ring (bicyclic) bond motifs is 4. The van der Waals surface area contributed by atoms with E-state index in [2.05, 4.69) is 23.3 Å². The molecule has 1 aromatic carbocycles. The zero-order chi connectivity index (χ0) is 28.3. The lowest BCUT2D eigenvalue weighted by atomic mass is 10.0. The third kappa shape index (κ3) is 4.08. The number of aliphatic imine (C=N–C) groups is 1. The number of sulfonamides is 1. The van der Waals surface area contributed by atoms with E-state index in [-0.39, 0.29) is 22.6 Å². The first-order chi connectivity index (χ1) is 19.1. The average molecular weight is 559 g/mol. The van der Waals surface area contributed by atoms with Crippen molar-refractivity contribution >= 4 is 50.3 Å². The summed E-state index contributed by atoms with van der Waals surface area (Å²) in [6.07, 6.45) is 6.54. The summed E-state index contributed by atoms with van der Waals surface area (Å²) >= 11 is 0. The first-order valence-electron chi connectivity index (χ1n) is 12.6. The van der Waals surface area contributed by atoms with Crippen LogP contribution in [0.3, 0.4) is 0 Å². The number of furan rings is 1. The molecule has 5 heterocycles. The number of nitrogens with one attached hydrogen (secondary N) is 1. The van der Waals surface area contributed by atoms with E-state index in [1.807, 2.05) is 11.0 Å². The molecule has 1 unspecified atom stereocenters. The maximum absolute atomic E-state index is 13.1. The number of nitrogens with zero attached hydrogens (tertiary/aromatic N) is 5. The summed E-state index contributed by atoms with van der Waals surface area (Å²) in [5.41, 5.74) is 3.59. The summed E-state index contributed by atoms with van der Waals surface area (Å²) in [7, 11) is -0.764. The molecule has 0 fully saturated rings. The third-order valence-corrected chi connectivity index (χ3v) is 8.28. The van der Waals surface area contributed by atoms with Crippen LogP contribution in [0.5, 0.6) is 0 Å². The van der Waals surface area contributed by atoms with Gasteiger partial charge in [0.25, 0.3) is 11.5 Å². The molecule has 0 radical (unpaired) electrons. The number of carbonyl (C=O) groups excluding carboxylic acids is 1. The largest absolute Gasteiger partial charge is 0.439 e. The van der Waals surface area contributed by atoms with Crippen LogP contribution in [-0.4, -0.2) is 62.0 Å². The summed E-state index contributed by atoms with van der Waals surface area (Å²) in [4.78, 5) is 37.3. The molecule has 12 heteroatoms. The summed E-state index contributed by atoms with van der Waals surface area (Å²) in [5.74, 6) is -0.117. The van der Waals surface area contributed by atoms with Gasteiger partial charge in [0, 0.05) is 49.9 Å². The molecule has 11 nitrogen and oxygen atoms in total. The minimum atomic E-state index is -3.69. The molecule has 1 N–H and O–H groups in total. The van der Waals surface area contributed by atoms with Crippen molar-refractivity contribution in [1.29, 1.82) is 0 Å². The molecular formula is C28H26N6O5S. The molecule has 2 aliphatic heterocycles. The zero-order valence-corrected chi connectivity index (χ0v) is 23.1. The van der Waals surface area contributed by atoms with Gasteiger partial charge in [-0.2, -0.15) is 0 Å². The van der Waals surface area contributed by atoms with E-state index in [1.54, 1.807) is 36.7 Å². The summed E-state index contributed by atoms with van der Waals surface area (Å²) in [6.45, 7) is 2.91. The van der Waals surface area contributed by atoms with E-state index in [9.17, 15) is 18.0 Å². The van der Waals surface area contributed by atoms with E-state index in [0.29, 0.717) is 39.6 Å². The van der Waals surface area contributed by atoms with Crippen LogP contribution >= 0.6 is 0 Å². The quantitative estimate of drug-likeness (QED) is 0.398. The van der Waals surface area contributed by atoms with Crippen LogP contribution in [0.2, 0.25) is 0 Å². The fourth-order valence-corrected chi connectivity index (χ4v) is 5.56. The van der Waals surface area contributed by atoms with Gasteiger partial charge in [-0.3, -0.25) is 18.5 Å². The Morgan fingerprint density at radius 2 is 2.00 bits per heavy atom. The first kappa shape index (κ1) is 25.6. The predicted molar refractivity (Wildman–Crippen MR) is 154 cm³/mol. The van der Waals surface area contributed by atoms with Crippen LogP contribution in [0, 0.1) is 5.92 Å². The van der Waals surface area contributed by atoms with Crippen molar-refractivity contribution in [3.63, 3.8) is 0 Å². The highest BCUT2D eigenvalue weighted by Crippen LogP contribution is 2.41. The number of anilines is 1. The molecule has 0 spiro atoms. The van der Waals surface area contributed by atoms with E-state index in [4.69, 9.17) is 9.40 Å². The number of benzene rings is 1. The van der Waals surface area contributed by atoms with Gasteiger partial charge in [0.05, 0.1) is 35.4 Å². The Morgan fingerprint density at radius 3 is 2.73 bits per heavy atom. The van der Waals surface area contributed by atoms with Crippen molar-refractivity contribution < 1.29 is 17.6 Å². The Balaban J connectivity index is 1.65. The zero-order valence-electron chi connectivity index (χ0n) is 22.2. The maximum atomic E-state index is 13.1. The SMILES string of the molecule is CNC(=O)c1c(-n2ccccc2=O)oc2cc(N(C)S(C)(=O)=O)c(-c3ccc4c(n3)C3=CC(C)CN3C=N4)cc12. The van der Waals surface area contributed by atoms with Crippen LogP contribution in [0.25, 0.3) is 33.8 Å². The maximum Gasteiger partial charge on any atom is 0.257 e. The highest BCUT2D eigenvalue weighted by atomic mass is 32.2. The van der Waals surface area contributed by atoms with Gasteiger partial charge in [0.2, 0.25) is 15.9 Å². The molecule has 0 saturated carbocycles. The fraction of sp³-hybridized carbons (Fsp3) is 0.214. The Morgan fingerprint density at radius 1 is 1.20 bits per heavy atom.